The van der Waals surface area contributed by atoms with Crippen molar-refractivity contribution in [3.8, 4) is 0 Å². The molecule has 92 valence electrons. The number of halogens is 1. The molecule has 0 radical (unpaired) electrons. The van der Waals surface area contributed by atoms with Gasteiger partial charge in [0.2, 0.25) is 5.91 Å². The summed E-state index contributed by atoms with van der Waals surface area (Å²) in [5.41, 5.74) is 3.05. The van der Waals surface area contributed by atoms with Gasteiger partial charge in [-0.3, -0.25) is 4.79 Å². The Morgan fingerprint density at radius 2 is 2.18 bits per heavy atom. The lowest BCUT2D eigenvalue weighted by Crippen LogP contribution is -2.28. The van der Waals surface area contributed by atoms with E-state index in [0.29, 0.717) is 6.54 Å². The number of carbonyl (C=O) groups excluding carboxylic acids is 1. The Morgan fingerprint density at radius 3 is 2.76 bits per heavy atom. The van der Waals surface area contributed by atoms with E-state index in [1.807, 2.05) is 26.0 Å². The molecule has 0 unspecified atom stereocenters. The second-order valence-corrected chi connectivity index (χ2v) is 4.76. The van der Waals surface area contributed by atoms with Crippen molar-refractivity contribution in [1.82, 2.24) is 5.32 Å². The quantitative estimate of drug-likeness (QED) is 0.648. The van der Waals surface area contributed by atoms with Crippen molar-refractivity contribution < 1.29 is 4.79 Å². The highest BCUT2D eigenvalue weighted by molar-refractivity contribution is 9.10. The molecule has 1 rings (SSSR count). The normalized spacial score (nSPS) is 10.1. The number of benzene rings is 1. The molecule has 0 saturated carbocycles. The van der Waals surface area contributed by atoms with Crippen LogP contribution < -0.4 is 10.6 Å². The Hall–Kier alpha value is -1.13. The van der Waals surface area contributed by atoms with E-state index in [0.717, 1.165) is 21.3 Å². The van der Waals surface area contributed by atoms with Crippen molar-refractivity contribution in [1.29, 1.82) is 0 Å². The second kappa shape index (κ2) is 6.57. The number of anilines is 1. The van der Waals surface area contributed by atoms with Crippen molar-refractivity contribution in [2.75, 3.05) is 18.4 Å². The first-order valence-corrected chi connectivity index (χ1v) is 6.22. The Kier molecular flexibility index (Phi) is 5.38. The van der Waals surface area contributed by atoms with E-state index in [1.54, 1.807) is 6.08 Å². The van der Waals surface area contributed by atoms with E-state index >= 15 is 0 Å². The third-order valence-electron chi connectivity index (χ3n) is 2.27. The molecule has 3 nitrogen and oxygen atoms in total. The summed E-state index contributed by atoms with van der Waals surface area (Å²) in [6.45, 7) is 8.49. The van der Waals surface area contributed by atoms with Gasteiger partial charge in [-0.05, 0) is 47.0 Å². The van der Waals surface area contributed by atoms with Gasteiger partial charge in [-0.25, -0.2) is 0 Å². The summed E-state index contributed by atoms with van der Waals surface area (Å²) in [5, 5.41) is 5.84. The largest absolute Gasteiger partial charge is 0.324 e. The molecule has 2 N–H and O–H groups in total. The molecule has 0 bridgehead atoms. The predicted octanol–water partition coefficient (Wildman–Crippen LogP) is 2.78. The van der Waals surface area contributed by atoms with E-state index in [1.165, 1.54) is 0 Å². The van der Waals surface area contributed by atoms with Crippen molar-refractivity contribution >= 4 is 27.5 Å². The first-order valence-electron chi connectivity index (χ1n) is 5.42. The number of hydrogen-bond donors (Lipinski definition) is 2. The highest BCUT2D eigenvalue weighted by Crippen LogP contribution is 2.27. The molecule has 1 aromatic carbocycles. The lowest BCUT2D eigenvalue weighted by molar-refractivity contribution is -0.115. The zero-order valence-electron chi connectivity index (χ0n) is 10.1. The minimum absolute atomic E-state index is 0.0560. The molecule has 0 aliphatic carbocycles. The molecule has 0 saturated heterocycles. The van der Waals surface area contributed by atoms with Gasteiger partial charge in [0.15, 0.2) is 0 Å². The van der Waals surface area contributed by atoms with Crippen LogP contribution in [0.15, 0.2) is 29.3 Å². The Balaban J connectivity index is 2.68. The molecule has 0 spiro atoms. The number of amides is 1. The van der Waals surface area contributed by atoms with Crippen LogP contribution in [-0.4, -0.2) is 19.0 Å². The Labute approximate surface area is 110 Å². The van der Waals surface area contributed by atoms with Gasteiger partial charge in [0.05, 0.1) is 12.2 Å². The molecule has 0 aliphatic heterocycles. The van der Waals surface area contributed by atoms with Crippen molar-refractivity contribution in [3.05, 3.63) is 40.4 Å². The first-order chi connectivity index (χ1) is 8.04. The van der Waals surface area contributed by atoms with Gasteiger partial charge < -0.3 is 10.6 Å². The van der Waals surface area contributed by atoms with Gasteiger partial charge in [0.25, 0.3) is 0 Å². The molecule has 0 fully saturated rings. The molecule has 1 amide bonds. The monoisotopic (exact) mass is 296 g/mol. The van der Waals surface area contributed by atoms with E-state index in [4.69, 9.17) is 0 Å². The van der Waals surface area contributed by atoms with Gasteiger partial charge in [-0.1, -0.05) is 12.1 Å². The summed E-state index contributed by atoms with van der Waals surface area (Å²) >= 11 is 3.46. The lowest BCUT2D eigenvalue weighted by Gasteiger charge is -2.11. The first kappa shape index (κ1) is 13.9. The van der Waals surface area contributed by atoms with E-state index in [2.05, 4.69) is 33.1 Å². The molecule has 17 heavy (non-hydrogen) atoms. The molecule has 0 aromatic heterocycles. The van der Waals surface area contributed by atoms with E-state index in [-0.39, 0.29) is 12.5 Å². The minimum atomic E-state index is -0.0560. The summed E-state index contributed by atoms with van der Waals surface area (Å²) < 4.78 is 0.909. The maximum Gasteiger partial charge on any atom is 0.238 e. The average Bonchev–Trinajstić information content (AvgIpc) is 2.24. The van der Waals surface area contributed by atoms with Crippen molar-refractivity contribution in [2.24, 2.45) is 0 Å². The Bertz CT molecular complexity index is 406. The fraction of sp³-hybridized carbons (Fsp3) is 0.308. The molecule has 0 atom stereocenters. The molecule has 1 aromatic rings. The van der Waals surface area contributed by atoms with Gasteiger partial charge in [-0.2, -0.15) is 0 Å². The van der Waals surface area contributed by atoms with Crippen LogP contribution in [0.3, 0.4) is 0 Å². The SMILES string of the molecule is C=CCNCC(=O)Nc1c(C)cc(C)cc1Br. The van der Waals surface area contributed by atoms with Crippen LogP contribution in [0.2, 0.25) is 0 Å². The van der Waals surface area contributed by atoms with Gasteiger partial charge >= 0.3 is 0 Å². The number of aryl methyl sites for hydroxylation is 2. The topological polar surface area (TPSA) is 41.1 Å². The summed E-state index contributed by atoms with van der Waals surface area (Å²) in [6.07, 6.45) is 1.72. The predicted molar refractivity (Wildman–Crippen MR) is 75.3 cm³/mol. The lowest BCUT2D eigenvalue weighted by atomic mass is 10.1. The van der Waals surface area contributed by atoms with Crippen molar-refractivity contribution in [2.45, 2.75) is 13.8 Å². The average molecular weight is 297 g/mol. The molecular formula is C13H17BrN2O. The highest BCUT2D eigenvalue weighted by atomic mass is 79.9. The van der Waals surface area contributed by atoms with Crippen LogP contribution in [0.4, 0.5) is 5.69 Å². The smallest absolute Gasteiger partial charge is 0.238 e. The maximum atomic E-state index is 11.6. The van der Waals surface area contributed by atoms with Gasteiger partial charge in [0.1, 0.15) is 0 Å². The summed E-state index contributed by atoms with van der Waals surface area (Å²) in [5.74, 6) is -0.0560. The number of rotatable bonds is 5. The van der Waals surface area contributed by atoms with Gasteiger partial charge in [0, 0.05) is 11.0 Å². The molecule has 0 heterocycles. The zero-order valence-corrected chi connectivity index (χ0v) is 11.7. The number of nitrogens with one attached hydrogen (secondary N) is 2. The van der Waals surface area contributed by atoms with Gasteiger partial charge in [-0.15, -0.1) is 6.58 Å². The maximum absolute atomic E-state index is 11.6. The fourth-order valence-electron chi connectivity index (χ4n) is 1.55. The zero-order chi connectivity index (χ0) is 12.8. The summed E-state index contributed by atoms with van der Waals surface area (Å²) in [4.78, 5) is 11.6. The number of carbonyl (C=O) groups is 1. The standard InChI is InChI=1S/C13H17BrN2O/c1-4-5-15-8-12(17)16-13-10(3)6-9(2)7-11(13)14/h4,6-7,15H,1,5,8H2,2-3H3,(H,16,17). The Morgan fingerprint density at radius 1 is 1.47 bits per heavy atom. The van der Waals surface area contributed by atoms with E-state index < -0.39 is 0 Å². The second-order valence-electron chi connectivity index (χ2n) is 3.91. The third kappa shape index (κ3) is 4.32. The van der Waals surface area contributed by atoms with Crippen LogP contribution in [0, 0.1) is 13.8 Å². The van der Waals surface area contributed by atoms with E-state index in [9.17, 15) is 4.79 Å². The van der Waals surface area contributed by atoms with Crippen LogP contribution >= 0.6 is 15.9 Å². The molecule has 0 aliphatic rings. The van der Waals surface area contributed by atoms with Crippen LogP contribution in [0.25, 0.3) is 0 Å². The minimum Gasteiger partial charge on any atom is -0.324 e. The molecule has 4 heteroatoms. The third-order valence-corrected chi connectivity index (χ3v) is 2.90. The van der Waals surface area contributed by atoms with Crippen molar-refractivity contribution in [3.63, 3.8) is 0 Å². The van der Waals surface area contributed by atoms with Crippen LogP contribution in [-0.2, 0) is 4.79 Å². The van der Waals surface area contributed by atoms with Crippen LogP contribution in [0.5, 0.6) is 0 Å². The number of hydrogen-bond acceptors (Lipinski definition) is 2. The molecular weight excluding hydrogens is 280 g/mol. The van der Waals surface area contributed by atoms with Crippen LogP contribution in [0.1, 0.15) is 11.1 Å². The summed E-state index contributed by atoms with van der Waals surface area (Å²) in [7, 11) is 0. The highest BCUT2D eigenvalue weighted by Gasteiger charge is 2.08. The fourth-order valence-corrected chi connectivity index (χ4v) is 2.32. The summed E-state index contributed by atoms with van der Waals surface area (Å²) in [6, 6.07) is 4.03.